The molecule has 2 aromatic rings. The van der Waals surface area contributed by atoms with Crippen LogP contribution in [0.1, 0.15) is 11.1 Å². The summed E-state index contributed by atoms with van der Waals surface area (Å²) in [5.74, 6) is 0.607. The fourth-order valence-corrected chi connectivity index (χ4v) is 2.34. The first-order valence-electron chi connectivity index (χ1n) is 5.95. The first-order chi connectivity index (χ1) is 9.74. The van der Waals surface area contributed by atoms with Crippen LogP contribution >= 0.6 is 8.25 Å². The average molecular weight is 293 g/mol. The second-order valence-electron chi connectivity index (χ2n) is 3.94. The van der Waals surface area contributed by atoms with Crippen molar-refractivity contribution in [3.8, 4) is 11.5 Å². The van der Waals surface area contributed by atoms with E-state index in [2.05, 4.69) is 0 Å². The molecule has 0 fully saturated rings. The maximum atomic E-state index is 11.9. The highest BCUT2D eigenvalue weighted by atomic mass is 31.1. The van der Waals surface area contributed by atoms with Crippen LogP contribution in [0.2, 0.25) is 0 Å². The number of rotatable bonds is 6. The van der Waals surface area contributed by atoms with Crippen LogP contribution in [0, 0.1) is 0 Å². The van der Waals surface area contributed by atoms with Gasteiger partial charge in [-0.1, -0.05) is 36.4 Å². The molecular weight excluding hydrogens is 279 g/mol. The minimum absolute atomic E-state index is 0.216. The molecule has 0 saturated heterocycles. The second-order valence-corrected chi connectivity index (χ2v) is 4.75. The van der Waals surface area contributed by atoms with Crippen molar-refractivity contribution in [2.75, 3.05) is 0 Å². The minimum atomic E-state index is -2.45. The molecule has 0 aliphatic heterocycles. The lowest BCUT2D eigenvalue weighted by Gasteiger charge is -2.01. The van der Waals surface area contributed by atoms with Crippen LogP contribution in [0.4, 0.5) is 0 Å². The Bertz CT molecular complexity index is 548. The fraction of sp³-hybridized carbons (Fsp3) is 0.143. The molecule has 0 atom stereocenters. The van der Waals surface area contributed by atoms with E-state index in [-0.39, 0.29) is 13.2 Å². The smallest absolute Gasteiger partial charge is 0.392 e. The lowest BCUT2D eigenvalue weighted by molar-refractivity contribution is 0.275. The van der Waals surface area contributed by atoms with Gasteiger partial charge in [0.05, 0.1) is 13.2 Å². The van der Waals surface area contributed by atoms with Crippen molar-refractivity contribution in [1.82, 2.24) is 0 Å². The van der Waals surface area contributed by atoms with Crippen LogP contribution in [-0.2, 0) is 17.8 Å². The molecule has 0 aliphatic carbocycles. The molecule has 5 nitrogen and oxygen atoms in total. The Labute approximate surface area is 117 Å². The van der Waals surface area contributed by atoms with Crippen molar-refractivity contribution in [2.45, 2.75) is 13.2 Å². The van der Waals surface area contributed by atoms with Crippen molar-refractivity contribution < 1.29 is 23.8 Å². The molecule has 0 unspecified atom stereocenters. The third-order valence-corrected chi connectivity index (χ3v) is 3.32. The molecule has 6 heteroatoms. The Morgan fingerprint density at radius 1 is 0.800 bits per heavy atom. The molecular formula is C14H14O5P+. The molecule has 2 rings (SSSR count). The SMILES string of the molecule is O=[P+](Oc1ccccc1CO)Oc1ccccc1CO. The van der Waals surface area contributed by atoms with Gasteiger partial charge in [-0.3, -0.25) is 0 Å². The summed E-state index contributed by atoms with van der Waals surface area (Å²) in [5.41, 5.74) is 1.05. The molecule has 0 saturated carbocycles. The van der Waals surface area contributed by atoms with Crippen molar-refractivity contribution in [2.24, 2.45) is 0 Å². The zero-order chi connectivity index (χ0) is 14.4. The quantitative estimate of drug-likeness (QED) is 0.801. The Morgan fingerprint density at radius 2 is 1.20 bits per heavy atom. The summed E-state index contributed by atoms with van der Waals surface area (Å²) in [4.78, 5) is 0. The molecule has 0 heterocycles. The van der Waals surface area contributed by atoms with Gasteiger partial charge in [0.1, 0.15) is 0 Å². The number of aliphatic hydroxyl groups is 2. The van der Waals surface area contributed by atoms with Crippen molar-refractivity contribution in [3.05, 3.63) is 59.7 Å². The van der Waals surface area contributed by atoms with Gasteiger partial charge in [0, 0.05) is 15.7 Å². The van der Waals surface area contributed by atoms with Gasteiger partial charge >= 0.3 is 8.25 Å². The van der Waals surface area contributed by atoms with Crippen molar-refractivity contribution in [1.29, 1.82) is 0 Å². The predicted molar refractivity (Wildman–Crippen MR) is 73.6 cm³/mol. The van der Waals surface area contributed by atoms with Gasteiger partial charge in [-0.25, -0.2) is 9.05 Å². The monoisotopic (exact) mass is 293 g/mol. The summed E-state index contributed by atoms with van der Waals surface area (Å²) < 4.78 is 22.2. The zero-order valence-corrected chi connectivity index (χ0v) is 11.5. The van der Waals surface area contributed by atoms with E-state index in [9.17, 15) is 4.57 Å². The molecule has 20 heavy (non-hydrogen) atoms. The van der Waals surface area contributed by atoms with Gasteiger partial charge in [-0.05, 0) is 12.1 Å². The van der Waals surface area contributed by atoms with E-state index in [1.54, 1.807) is 48.5 Å². The van der Waals surface area contributed by atoms with Crippen LogP contribution < -0.4 is 9.05 Å². The van der Waals surface area contributed by atoms with E-state index in [0.717, 1.165) is 0 Å². The van der Waals surface area contributed by atoms with Crippen LogP contribution in [-0.4, -0.2) is 10.2 Å². The Morgan fingerprint density at radius 3 is 1.60 bits per heavy atom. The predicted octanol–water partition coefficient (Wildman–Crippen LogP) is 2.79. The van der Waals surface area contributed by atoms with E-state index >= 15 is 0 Å². The van der Waals surface area contributed by atoms with Gasteiger partial charge in [0.25, 0.3) is 0 Å². The molecule has 104 valence electrons. The number of hydrogen-bond donors (Lipinski definition) is 2. The molecule has 0 bridgehead atoms. The summed E-state index contributed by atoms with van der Waals surface area (Å²) in [6, 6.07) is 13.4. The second kappa shape index (κ2) is 7.01. The first kappa shape index (κ1) is 14.5. The Balaban J connectivity index is 2.09. The number of aliphatic hydroxyl groups excluding tert-OH is 2. The molecule has 0 aliphatic rings. The van der Waals surface area contributed by atoms with Gasteiger partial charge in [-0.15, -0.1) is 0 Å². The van der Waals surface area contributed by atoms with E-state index in [0.29, 0.717) is 22.6 Å². The van der Waals surface area contributed by atoms with E-state index in [1.807, 2.05) is 0 Å². The van der Waals surface area contributed by atoms with E-state index in [4.69, 9.17) is 19.3 Å². The van der Waals surface area contributed by atoms with Crippen LogP contribution in [0.5, 0.6) is 11.5 Å². The number of para-hydroxylation sites is 2. The molecule has 0 radical (unpaired) electrons. The van der Waals surface area contributed by atoms with Crippen LogP contribution in [0.3, 0.4) is 0 Å². The third kappa shape index (κ3) is 3.54. The van der Waals surface area contributed by atoms with Crippen LogP contribution in [0.25, 0.3) is 0 Å². The highest BCUT2D eigenvalue weighted by Crippen LogP contribution is 2.33. The lowest BCUT2D eigenvalue weighted by atomic mass is 10.2. The molecule has 2 aromatic carbocycles. The summed E-state index contributed by atoms with van der Waals surface area (Å²) in [6.45, 7) is -0.431. The maximum Gasteiger partial charge on any atom is 0.805 e. The van der Waals surface area contributed by atoms with Gasteiger partial charge in [-0.2, -0.15) is 0 Å². The van der Waals surface area contributed by atoms with E-state index < -0.39 is 8.25 Å². The summed E-state index contributed by atoms with van der Waals surface area (Å²) >= 11 is 0. The number of benzene rings is 2. The highest BCUT2D eigenvalue weighted by Gasteiger charge is 2.26. The van der Waals surface area contributed by atoms with Gasteiger partial charge in [0.15, 0.2) is 11.5 Å². The topological polar surface area (TPSA) is 76.0 Å². The fourth-order valence-electron chi connectivity index (χ4n) is 1.63. The Hall–Kier alpha value is -1.94. The van der Waals surface area contributed by atoms with Gasteiger partial charge in [0.2, 0.25) is 0 Å². The third-order valence-electron chi connectivity index (χ3n) is 2.63. The zero-order valence-electron chi connectivity index (χ0n) is 10.6. The molecule has 0 spiro atoms. The van der Waals surface area contributed by atoms with Crippen molar-refractivity contribution >= 4 is 8.25 Å². The molecule has 2 N–H and O–H groups in total. The van der Waals surface area contributed by atoms with Gasteiger partial charge < -0.3 is 10.2 Å². The average Bonchev–Trinajstić information content (AvgIpc) is 2.48. The van der Waals surface area contributed by atoms with Crippen molar-refractivity contribution in [3.63, 3.8) is 0 Å². The van der Waals surface area contributed by atoms with Crippen LogP contribution in [0.15, 0.2) is 48.5 Å². The standard InChI is InChI=1S/C14H14O5P/c15-9-11-5-1-3-7-13(11)18-20(17)19-14-8-4-2-6-12(14)10-16/h1-8,15-16H,9-10H2/q+1. The Kier molecular flexibility index (Phi) is 5.07. The maximum absolute atomic E-state index is 11.9. The summed E-state index contributed by atoms with van der Waals surface area (Å²) in [7, 11) is -2.45. The highest BCUT2D eigenvalue weighted by molar-refractivity contribution is 7.34. The number of hydrogen-bond acceptors (Lipinski definition) is 5. The largest absolute Gasteiger partial charge is 0.805 e. The summed E-state index contributed by atoms with van der Waals surface area (Å²) in [6.07, 6.45) is 0. The molecule has 0 amide bonds. The van der Waals surface area contributed by atoms with E-state index in [1.165, 1.54) is 0 Å². The molecule has 0 aromatic heterocycles. The minimum Gasteiger partial charge on any atom is -0.392 e. The lowest BCUT2D eigenvalue weighted by Crippen LogP contribution is -1.95. The summed E-state index contributed by atoms with van der Waals surface area (Å²) in [5, 5.41) is 18.3. The normalized spacial score (nSPS) is 10.1. The first-order valence-corrected chi connectivity index (χ1v) is 7.05.